The third-order valence-electron chi connectivity index (χ3n) is 4.55. The zero-order valence-electron chi connectivity index (χ0n) is 11.3. The van der Waals surface area contributed by atoms with E-state index in [9.17, 15) is 4.79 Å². The average molecular weight is 255 g/mol. The van der Waals surface area contributed by atoms with Crippen LogP contribution in [0.2, 0.25) is 0 Å². The first-order chi connectivity index (χ1) is 9.31. The predicted octanol–water partition coefficient (Wildman–Crippen LogP) is 3.08. The van der Waals surface area contributed by atoms with Gasteiger partial charge >= 0.3 is 0 Å². The minimum absolute atomic E-state index is 0.164. The molecule has 2 atom stereocenters. The van der Waals surface area contributed by atoms with Crippen molar-refractivity contribution in [3.05, 3.63) is 48.0 Å². The van der Waals surface area contributed by atoms with E-state index in [0.29, 0.717) is 11.8 Å². The first-order valence-electron chi connectivity index (χ1n) is 7.28. The van der Waals surface area contributed by atoms with Crippen LogP contribution in [-0.2, 0) is 6.42 Å². The van der Waals surface area contributed by atoms with Crippen LogP contribution in [0.25, 0.3) is 0 Å². The van der Waals surface area contributed by atoms with Crippen molar-refractivity contribution >= 4 is 5.78 Å². The molecule has 1 aromatic rings. The van der Waals surface area contributed by atoms with Gasteiger partial charge in [0.15, 0.2) is 5.78 Å². The lowest BCUT2D eigenvalue weighted by Gasteiger charge is -2.38. The van der Waals surface area contributed by atoms with Gasteiger partial charge in [-0.1, -0.05) is 36.8 Å². The number of hydrogen-bond acceptors (Lipinski definition) is 2. The standard InChI is InChI=1S/C17H21NO/c1-2-10-18-11-6-5-9-16(18)15-12-13-7-3-4-8-14(13)17(15)19/h2-4,7-8,15-16H,1,5-6,9-12H2. The van der Waals surface area contributed by atoms with Crippen molar-refractivity contribution in [3.63, 3.8) is 0 Å². The molecule has 0 radical (unpaired) electrons. The number of Topliss-reactive ketones (excluding diaryl/α,β-unsaturated/α-hetero) is 1. The molecule has 0 saturated carbocycles. The molecule has 2 nitrogen and oxygen atoms in total. The van der Waals surface area contributed by atoms with Crippen LogP contribution in [-0.4, -0.2) is 29.8 Å². The van der Waals surface area contributed by atoms with Crippen LogP contribution in [0.5, 0.6) is 0 Å². The van der Waals surface area contributed by atoms with Crippen LogP contribution in [0.15, 0.2) is 36.9 Å². The fourth-order valence-electron chi connectivity index (χ4n) is 3.64. The molecular formula is C17H21NO. The third-order valence-corrected chi connectivity index (χ3v) is 4.55. The Kier molecular flexibility index (Phi) is 3.52. The monoisotopic (exact) mass is 255 g/mol. The summed E-state index contributed by atoms with van der Waals surface area (Å²) in [6.45, 7) is 5.86. The molecule has 1 aliphatic carbocycles. The number of carbonyl (C=O) groups is 1. The van der Waals surface area contributed by atoms with E-state index in [-0.39, 0.29) is 5.92 Å². The van der Waals surface area contributed by atoms with E-state index in [2.05, 4.69) is 17.5 Å². The molecule has 0 amide bonds. The van der Waals surface area contributed by atoms with E-state index in [1.54, 1.807) is 0 Å². The highest BCUT2D eigenvalue weighted by Gasteiger charge is 2.39. The minimum atomic E-state index is 0.164. The van der Waals surface area contributed by atoms with Crippen LogP contribution in [0.1, 0.15) is 35.2 Å². The maximum atomic E-state index is 12.6. The van der Waals surface area contributed by atoms with Crippen molar-refractivity contribution in [3.8, 4) is 0 Å². The Morgan fingerprint density at radius 3 is 2.95 bits per heavy atom. The van der Waals surface area contributed by atoms with Crippen LogP contribution >= 0.6 is 0 Å². The summed E-state index contributed by atoms with van der Waals surface area (Å²) in [5.74, 6) is 0.522. The van der Waals surface area contributed by atoms with Crippen LogP contribution in [0.4, 0.5) is 0 Å². The molecule has 1 aromatic carbocycles. The maximum Gasteiger partial charge on any atom is 0.168 e. The Morgan fingerprint density at radius 1 is 1.32 bits per heavy atom. The lowest BCUT2D eigenvalue weighted by molar-refractivity contribution is 0.0740. The normalized spacial score (nSPS) is 27.3. The molecule has 100 valence electrons. The van der Waals surface area contributed by atoms with E-state index >= 15 is 0 Å². The Bertz CT molecular complexity index is 494. The van der Waals surface area contributed by atoms with E-state index < -0.39 is 0 Å². The Morgan fingerprint density at radius 2 is 2.16 bits per heavy atom. The lowest BCUT2D eigenvalue weighted by atomic mass is 9.87. The molecule has 1 heterocycles. The summed E-state index contributed by atoms with van der Waals surface area (Å²) in [6.07, 6.45) is 6.53. The van der Waals surface area contributed by atoms with Gasteiger partial charge in [0.2, 0.25) is 0 Å². The summed E-state index contributed by atoms with van der Waals surface area (Å²) in [5.41, 5.74) is 2.19. The molecule has 0 N–H and O–H groups in total. The number of fused-ring (bicyclic) bond motifs is 1. The van der Waals surface area contributed by atoms with E-state index in [0.717, 1.165) is 31.5 Å². The van der Waals surface area contributed by atoms with Crippen molar-refractivity contribution in [1.29, 1.82) is 0 Å². The Balaban J connectivity index is 1.83. The number of likely N-dealkylation sites (tertiary alicyclic amines) is 1. The van der Waals surface area contributed by atoms with Gasteiger partial charge in [-0.05, 0) is 31.4 Å². The van der Waals surface area contributed by atoms with Crippen LogP contribution in [0, 0.1) is 5.92 Å². The fourth-order valence-corrected chi connectivity index (χ4v) is 3.64. The van der Waals surface area contributed by atoms with E-state index in [1.165, 1.54) is 18.4 Å². The molecule has 19 heavy (non-hydrogen) atoms. The molecule has 0 bridgehead atoms. The molecule has 1 saturated heterocycles. The second kappa shape index (κ2) is 5.30. The zero-order chi connectivity index (χ0) is 13.2. The first kappa shape index (κ1) is 12.6. The molecular weight excluding hydrogens is 234 g/mol. The lowest BCUT2D eigenvalue weighted by Crippen LogP contribution is -2.46. The van der Waals surface area contributed by atoms with Crippen molar-refractivity contribution in [1.82, 2.24) is 4.90 Å². The van der Waals surface area contributed by atoms with Gasteiger partial charge in [-0.3, -0.25) is 9.69 Å². The quantitative estimate of drug-likeness (QED) is 0.774. The van der Waals surface area contributed by atoms with Crippen molar-refractivity contribution in [2.24, 2.45) is 5.92 Å². The Labute approximate surface area is 115 Å². The summed E-state index contributed by atoms with van der Waals surface area (Å²) < 4.78 is 0. The van der Waals surface area contributed by atoms with Gasteiger partial charge in [-0.15, -0.1) is 6.58 Å². The van der Waals surface area contributed by atoms with E-state index in [1.807, 2.05) is 24.3 Å². The number of hydrogen-bond donors (Lipinski definition) is 0. The van der Waals surface area contributed by atoms with Crippen LogP contribution in [0.3, 0.4) is 0 Å². The molecule has 1 fully saturated rings. The molecule has 0 spiro atoms. The van der Waals surface area contributed by atoms with Crippen molar-refractivity contribution in [2.75, 3.05) is 13.1 Å². The number of piperidine rings is 1. The van der Waals surface area contributed by atoms with Gasteiger partial charge in [0.1, 0.15) is 0 Å². The highest BCUT2D eigenvalue weighted by Crippen LogP contribution is 2.34. The second-order valence-corrected chi connectivity index (χ2v) is 5.68. The molecule has 0 aromatic heterocycles. The molecule has 1 aliphatic heterocycles. The SMILES string of the molecule is C=CCN1CCCCC1C1Cc2ccccc2C1=O. The highest BCUT2D eigenvalue weighted by molar-refractivity contribution is 6.02. The maximum absolute atomic E-state index is 12.6. The average Bonchev–Trinajstić information content (AvgIpc) is 2.78. The number of nitrogens with zero attached hydrogens (tertiary/aromatic N) is 1. The second-order valence-electron chi connectivity index (χ2n) is 5.68. The topological polar surface area (TPSA) is 20.3 Å². The fraction of sp³-hybridized carbons (Fsp3) is 0.471. The molecule has 2 heteroatoms. The Hall–Kier alpha value is -1.41. The summed E-state index contributed by atoms with van der Waals surface area (Å²) in [7, 11) is 0. The van der Waals surface area contributed by atoms with Gasteiger partial charge in [-0.25, -0.2) is 0 Å². The molecule has 2 aliphatic rings. The zero-order valence-corrected chi connectivity index (χ0v) is 11.3. The van der Waals surface area contributed by atoms with Gasteiger partial charge in [0.05, 0.1) is 0 Å². The molecule has 2 unspecified atom stereocenters. The third kappa shape index (κ3) is 2.25. The summed E-state index contributed by atoms with van der Waals surface area (Å²) >= 11 is 0. The van der Waals surface area contributed by atoms with Crippen LogP contribution < -0.4 is 0 Å². The van der Waals surface area contributed by atoms with Gasteiger partial charge in [-0.2, -0.15) is 0 Å². The summed E-state index contributed by atoms with van der Waals surface area (Å²) in [6, 6.07) is 8.51. The predicted molar refractivity (Wildman–Crippen MR) is 77.4 cm³/mol. The minimum Gasteiger partial charge on any atom is -0.296 e. The summed E-state index contributed by atoms with van der Waals surface area (Å²) in [4.78, 5) is 15.0. The summed E-state index contributed by atoms with van der Waals surface area (Å²) in [5, 5.41) is 0. The highest BCUT2D eigenvalue weighted by atomic mass is 16.1. The van der Waals surface area contributed by atoms with Crippen molar-refractivity contribution in [2.45, 2.75) is 31.7 Å². The number of carbonyl (C=O) groups excluding carboxylic acids is 1. The van der Waals surface area contributed by atoms with E-state index in [4.69, 9.17) is 0 Å². The number of ketones is 1. The molecule has 3 rings (SSSR count). The number of benzene rings is 1. The largest absolute Gasteiger partial charge is 0.296 e. The van der Waals surface area contributed by atoms with Gasteiger partial charge < -0.3 is 0 Å². The first-order valence-corrected chi connectivity index (χ1v) is 7.28. The smallest absolute Gasteiger partial charge is 0.168 e. The van der Waals surface area contributed by atoms with Gasteiger partial charge in [0, 0.05) is 24.1 Å². The van der Waals surface area contributed by atoms with Crippen molar-refractivity contribution < 1.29 is 4.79 Å². The number of rotatable bonds is 3. The van der Waals surface area contributed by atoms with Gasteiger partial charge in [0.25, 0.3) is 0 Å².